The molecule has 3 N–H and O–H groups in total. The Morgan fingerprint density at radius 3 is 2.68 bits per heavy atom. The van der Waals surface area contributed by atoms with Crippen LogP contribution in [0.3, 0.4) is 0 Å². The van der Waals surface area contributed by atoms with Crippen molar-refractivity contribution in [3.05, 3.63) is 34.3 Å². The van der Waals surface area contributed by atoms with Gasteiger partial charge in [0.25, 0.3) is 0 Å². The quantitative estimate of drug-likeness (QED) is 0.830. The Labute approximate surface area is 147 Å². The third-order valence-corrected chi connectivity index (χ3v) is 5.69. The fraction of sp³-hybridized carbons (Fsp3) is 0.588. The van der Waals surface area contributed by atoms with Gasteiger partial charge in [-0.2, -0.15) is 0 Å². The lowest BCUT2D eigenvalue weighted by molar-refractivity contribution is -0.125. The van der Waals surface area contributed by atoms with Crippen LogP contribution in [0.1, 0.15) is 44.1 Å². The average molecular weight is 388 g/mol. The van der Waals surface area contributed by atoms with E-state index in [2.05, 4.69) is 39.4 Å². The molecule has 2 atom stereocenters. The van der Waals surface area contributed by atoms with Gasteiger partial charge >= 0.3 is 0 Å². The second-order valence-electron chi connectivity index (χ2n) is 6.63. The van der Waals surface area contributed by atoms with Gasteiger partial charge in [0.1, 0.15) is 0 Å². The van der Waals surface area contributed by atoms with Crippen LogP contribution >= 0.6 is 28.3 Å². The van der Waals surface area contributed by atoms with Gasteiger partial charge in [0.15, 0.2) is 0 Å². The van der Waals surface area contributed by atoms with Crippen molar-refractivity contribution in [2.24, 2.45) is 11.7 Å². The number of benzene rings is 1. The highest BCUT2D eigenvalue weighted by molar-refractivity contribution is 9.10. The average Bonchev–Trinajstić information content (AvgIpc) is 2.84. The molecular formula is C17H24BrClN2O. The summed E-state index contributed by atoms with van der Waals surface area (Å²) >= 11 is 3.55. The second-order valence-corrected chi connectivity index (χ2v) is 7.55. The number of carbonyl (C=O) groups excluding carboxylic acids is 1. The molecule has 1 amide bonds. The normalized spacial score (nSPS) is 25.9. The molecule has 0 spiro atoms. The first-order chi connectivity index (χ1) is 10.1. The van der Waals surface area contributed by atoms with Crippen LogP contribution in [0.4, 0.5) is 0 Å². The Balaban J connectivity index is 0.00000176. The third kappa shape index (κ3) is 3.66. The molecule has 2 saturated carbocycles. The van der Waals surface area contributed by atoms with Crippen LogP contribution in [-0.2, 0) is 10.2 Å². The van der Waals surface area contributed by atoms with Crippen LogP contribution < -0.4 is 11.1 Å². The van der Waals surface area contributed by atoms with Crippen molar-refractivity contribution >= 4 is 34.2 Å². The minimum absolute atomic E-state index is 0. The highest BCUT2D eigenvalue weighted by Crippen LogP contribution is 2.43. The number of amides is 1. The Kier molecular flexibility index (Phi) is 5.92. The minimum atomic E-state index is 0. The van der Waals surface area contributed by atoms with Crippen molar-refractivity contribution in [2.45, 2.75) is 50.0 Å². The fourth-order valence-corrected chi connectivity index (χ4v) is 4.04. The van der Waals surface area contributed by atoms with Gasteiger partial charge in [-0.25, -0.2) is 0 Å². The molecule has 0 radical (unpaired) electrons. The summed E-state index contributed by atoms with van der Waals surface area (Å²) < 4.78 is 1.11. The van der Waals surface area contributed by atoms with Crippen LogP contribution in [-0.4, -0.2) is 18.5 Å². The van der Waals surface area contributed by atoms with Crippen LogP contribution in [0.2, 0.25) is 0 Å². The van der Waals surface area contributed by atoms with Gasteiger partial charge in [0, 0.05) is 28.4 Å². The number of hydrogen-bond donors (Lipinski definition) is 2. The van der Waals surface area contributed by atoms with Crippen molar-refractivity contribution in [2.75, 3.05) is 6.54 Å². The first-order valence-corrected chi connectivity index (χ1v) is 8.68. The molecule has 3 rings (SSSR count). The van der Waals surface area contributed by atoms with E-state index in [1.165, 1.54) is 12.0 Å². The number of nitrogens with two attached hydrogens (primary N) is 1. The summed E-state index contributed by atoms with van der Waals surface area (Å²) in [6, 6.07) is 8.72. The van der Waals surface area contributed by atoms with Crippen molar-refractivity contribution in [1.29, 1.82) is 0 Å². The highest BCUT2D eigenvalue weighted by atomic mass is 79.9. The summed E-state index contributed by atoms with van der Waals surface area (Å²) in [7, 11) is 0. The fourth-order valence-electron chi connectivity index (χ4n) is 3.64. The summed E-state index contributed by atoms with van der Waals surface area (Å²) in [6.07, 6.45) is 6.33. The number of rotatable bonds is 4. The van der Waals surface area contributed by atoms with Gasteiger partial charge in [0.2, 0.25) is 5.91 Å². The number of nitrogens with one attached hydrogen (secondary N) is 1. The van der Waals surface area contributed by atoms with Gasteiger partial charge in [0.05, 0.1) is 0 Å². The summed E-state index contributed by atoms with van der Waals surface area (Å²) in [5.41, 5.74) is 7.38. The summed E-state index contributed by atoms with van der Waals surface area (Å²) in [6.45, 7) is 0.758. The Hall–Kier alpha value is -0.580. The van der Waals surface area contributed by atoms with Gasteiger partial charge in [-0.15, -0.1) is 12.4 Å². The molecule has 0 aliphatic heterocycles. The molecule has 22 heavy (non-hydrogen) atoms. The van der Waals surface area contributed by atoms with E-state index in [0.717, 1.165) is 43.1 Å². The zero-order chi connectivity index (χ0) is 14.9. The van der Waals surface area contributed by atoms with Gasteiger partial charge in [-0.1, -0.05) is 34.5 Å². The van der Waals surface area contributed by atoms with Gasteiger partial charge in [-0.3, -0.25) is 4.79 Å². The maximum absolute atomic E-state index is 12.3. The summed E-state index contributed by atoms with van der Waals surface area (Å²) in [5, 5.41) is 3.20. The molecular weight excluding hydrogens is 364 g/mol. The van der Waals surface area contributed by atoms with E-state index in [9.17, 15) is 4.79 Å². The van der Waals surface area contributed by atoms with Crippen molar-refractivity contribution in [3.8, 4) is 0 Å². The molecule has 2 aliphatic carbocycles. The van der Waals surface area contributed by atoms with Crippen LogP contribution in [0.25, 0.3) is 0 Å². The van der Waals surface area contributed by atoms with E-state index in [0.29, 0.717) is 0 Å². The largest absolute Gasteiger partial charge is 0.355 e. The van der Waals surface area contributed by atoms with E-state index < -0.39 is 0 Å². The molecule has 2 fully saturated rings. The lowest BCUT2D eigenvalue weighted by atomic mass is 9.64. The third-order valence-electron chi connectivity index (χ3n) is 5.19. The van der Waals surface area contributed by atoms with E-state index >= 15 is 0 Å². The maximum Gasteiger partial charge on any atom is 0.223 e. The zero-order valence-electron chi connectivity index (χ0n) is 12.7. The zero-order valence-corrected chi connectivity index (χ0v) is 15.1. The SMILES string of the molecule is Cl.NC1CCC(C(=O)NCC2(c3cccc(Br)c3)CCC2)C1. The Morgan fingerprint density at radius 1 is 1.36 bits per heavy atom. The molecule has 2 aliphatic rings. The molecule has 5 heteroatoms. The first-order valence-electron chi connectivity index (χ1n) is 7.88. The second kappa shape index (κ2) is 7.33. The van der Waals surface area contributed by atoms with Gasteiger partial charge < -0.3 is 11.1 Å². The predicted molar refractivity (Wildman–Crippen MR) is 95.2 cm³/mol. The highest BCUT2D eigenvalue weighted by Gasteiger charge is 2.39. The van der Waals surface area contributed by atoms with Crippen LogP contribution in [0.5, 0.6) is 0 Å². The number of hydrogen-bond acceptors (Lipinski definition) is 2. The lowest BCUT2D eigenvalue weighted by Gasteiger charge is -2.43. The first kappa shape index (κ1) is 17.8. The lowest BCUT2D eigenvalue weighted by Crippen LogP contribution is -2.46. The van der Waals surface area contributed by atoms with Crippen molar-refractivity contribution < 1.29 is 4.79 Å². The number of carbonyl (C=O) groups is 1. The molecule has 0 aromatic heterocycles. The maximum atomic E-state index is 12.3. The van der Waals surface area contributed by atoms with E-state index in [1.54, 1.807) is 0 Å². The van der Waals surface area contributed by atoms with E-state index in [4.69, 9.17) is 5.73 Å². The molecule has 2 unspecified atom stereocenters. The molecule has 0 saturated heterocycles. The summed E-state index contributed by atoms with van der Waals surface area (Å²) in [4.78, 5) is 12.3. The van der Waals surface area contributed by atoms with Crippen LogP contribution in [0, 0.1) is 5.92 Å². The Morgan fingerprint density at radius 2 is 2.14 bits per heavy atom. The Bertz CT molecular complexity index is 533. The minimum Gasteiger partial charge on any atom is -0.355 e. The number of halogens is 2. The standard InChI is InChI=1S/C17H23BrN2O.ClH/c18-14-4-1-3-13(10-14)17(7-2-8-17)11-20-16(21)12-5-6-15(19)9-12;/h1,3-4,10,12,15H,2,5-9,11,19H2,(H,20,21);1H. The predicted octanol–water partition coefficient (Wildman–Crippen LogP) is 3.54. The molecule has 122 valence electrons. The molecule has 1 aromatic rings. The van der Waals surface area contributed by atoms with E-state index in [-0.39, 0.29) is 35.7 Å². The topological polar surface area (TPSA) is 55.1 Å². The monoisotopic (exact) mass is 386 g/mol. The molecule has 1 aromatic carbocycles. The molecule has 0 heterocycles. The van der Waals surface area contributed by atoms with Crippen molar-refractivity contribution in [3.63, 3.8) is 0 Å². The van der Waals surface area contributed by atoms with E-state index in [1.807, 2.05) is 6.07 Å². The smallest absolute Gasteiger partial charge is 0.223 e. The van der Waals surface area contributed by atoms with Crippen LogP contribution in [0.15, 0.2) is 28.7 Å². The molecule has 0 bridgehead atoms. The van der Waals surface area contributed by atoms with Gasteiger partial charge in [-0.05, 0) is 49.8 Å². The summed E-state index contributed by atoms with van der Waals surface area (Å²) in [5.74, 6) is 0.323. The molecule has 3 nitrogen and oxygen atoms in total. The van der Waals surface area contributed by atoms with Crippen molar-refractivity contribution in [1.82, 2.24) is 5.32 Å².